The summed E-state index contributed by atoms with van der Waals surface area (Å²) in [6.07, 6.45) is 2.63. The number of hydrogen-bond donors (Lipinski definition) is 1. The smallest absolute Gasteiger partial charge is 0.120 e. The van der Waals surface area contributed by atoms with E-state index in [1.54, 1.807) is 0 Å². The van der Waals surface area contributed by atoms with Gasteiger partial charge in [-0.1, -0.05) is 12.2 Å². The summed E-state index contributed by atoms with van der Waals surface area (Å²) in [5.74, 6) is 0.848. The summed E-state index contributed by atoms with van der Waals surface area (Å²) in [5, 5.41) is 0. The number of nitrogens with two attached hydrogens (primary N) is 1. The Hall–Kier alpha value is -0.650. The number of rotatable bonds is 5. The number of benzene rings is 1. The second-order valence-electron chi connectivity index (χ2n) is 4.40. The van der Waals surface area contributed by atoms with E-state index < -0.39 is 0 Å². The molecule has 0 saturated carbocycles. The summed E-state index contributed by atoms with van der Waals surface area (Å²) >= 11 is 8.40. The van der Waals surface area contributed by atoms with Crippen LogP contribution in [0.3, 0.4) is 0 Å². The summed E-state index contributed by atoms with van der Waals surface area (Å²) in [7, 11) is 0. The van der Waals surface area contributed by atoms with Crippen LogP contribution < -0.4 is 10.5 Å². The monoisotopic (exact) mass is 328 g/mol. The standard InChI is InChI=1S/C13H17BrN2OS/c14-12-9-10(3-4-11(12)13(15)18)17-8-7-16-5-1-2-6-16/h3-4,9H,1-2,5-8H2,(H2,15,18). The quantitative estimate of drug-likeness (QED) is 0.843. The van der Waals surface area contributed by atoms with Crippen molar-refractivity contribution in [1.29, 1.82) is 0 Å². The molecule has 18 heavy (non-hydrogen) atoms. The average Bonchev–Trinajstić information content (AvgIpc) is 2.81. The lowest BCUT2D eigenvalue weighted by Crippen LogP contribution is -2.25. The largest absolute Gasteiger partial charge is 0.492 e. The summed E-state index contributed by atoms with van der Waals surface area (Å²) in [6, 6.07) is 5.71. The van der Waals surface area contributed by atoms with Crippen molar-refractivity contribution in [2.24, 2.45) is 5.73 Å². The van der Waals surface area contributed by atoms with Crippen molar-refractivity contribution < 1.29 is 4.74 Å². The molecule has 98 valence electrons. The van der Waals surface area contributed by atoms with Crippen LogP contribution in [-0.2, 0) is 0 Å². The van der Waals surface area contributed by atoms with Crippen molar-refractivity contribution in [1.82, 2.24) is 4.90 Å². The van der Waals surface area contributed by atoms with Gasteiger partial charge in [-0.25, -0.2) is 0 Å². The first kappa shape index (κ1) is 13.8. The molecule has 0 spiro atoms. The molecule has 1 saturated heterocycles. The van der Waals surface area contributed by atoms with Crippen LogP contribution in [0.5, 0.6) is 5.75 Å². The van der Waals surface area contributed by atoms with E-state index in [9.17, 15) is 0 Å². The molecule has 1 fully saturated rings. The Morgan fingerprint density at radius 2 is 2.11 bits per heavy atom. The van der Waals surface area contributed by atoms with Gasteiger partial charge >= 0.3 is 0 Å². The Bertz CT molecular complexity index is 433. The number of ether oxygens (including phenoxy) is 1. The van der Waals surface area contributed by atoms with Crippen LogP contribution >= 0.6 is 28.1 Å². The van der Waals surface area contributed by atoms with E-state index in [1.807, 2.05) is 18.2 Å². The molecule has 0 atom stereocenters. The topological polar surface area (TPSA) is 38.5 Å². The summed E-state index contributed by atoms with van der Waals surface area (Å²) in [5.41, 5.74) is 6.45. The second-order valence-corrected chi connectivity index (χ2v) is 5.70. The SMILES string of the molecule is NC(=S)c1ccc(OCCN2CCCC2)cc1Br. The number of halogens is 1. The van der Waals surface area contributed by atoms with Gasteiger partial charge in [0, 0.05) is 16.6 Å². The zero-order valence-corrected chi connectivity index (χ0v) is 12.6. The summed E-state index contributed by atoms with van der Waals surface area (Å²) < 4.78 is 6.61. The molecule has 1 heterocycles. The fraction of sp³-hybridized carbons (Fsp3) is 0.462. The third kappa shape index (κ3) is 3.67. The average molecular weight is 329 g/mol. The van der Waals surface area contributed by atoms with Crippen molar-refractivity contribution >= 4 is 33.1 Å². The molecule has 0 amide bonds. The van der Waals surface area contributed by atoms with E-state index in [0.29, 0.717) is 4.99 Å². The first-order valence-electron chi connectivity index (χ1n) is 6.11. The first-order valence-corrected chi connectivity index (χ1v) is 7.31. The zero-order valence-electron chi connectivity index (χ0n) is 10.2. The van der Waals surface area contributed by atoms with Crippen LogP contribution in [0.15, 0.2) is 22.7 Å². The predicted octanol–water partition coefficient (Wildman–Crippen LogP) is 2.56. The Morgan fingerprint density at radius 1 is 1.39 bits per heavy atom. The van der Waals surface area contributed by atoms with Crippen molar-refractivity contribution in [2.45, 2.75) is 12.8 Å². The molecule has 1 aliphatic rings. The molecule has 0 radical (unpaired) electrons. The molecule has 0 bridgehead atoms. The maximum atomic E-state index is 5.73. The molecular weight excluding hydrogens is 312 g/mol. The van der Waals surface area contributed by atoms with E-state index in [0.717, 1.165) is 28.9 Å². The fourth-order valence-electron chi connectivity index (χ4n) is 2.08. The highest BCUT2D eigenvalue weighted by molar-refractivity contribution is 9.10. The van der Waals surface area contributed by atoms with Gasteiger partial charge in [-0.15, -0.1) is 0 Å². The van der Waals surface area contributed by atoms with Gasteiger partial charge in [0.1, 0.15) is 17.3 Å². The Morgan fingerprint density at radius 3 is 2.72 bits per heavy atom. The van der Waals surface area contributed by atoms with E-state index >= 15 is 0 Å². The number of hydrogen-bond acceptors (Lipinski definition) is 3. The minimum Gasteiger partial charge on any atom is -0.492 e. The second kappa shape index (κ2) is 6.50. The molecule has 3 nitrogen and oxygen atoms in total. The highest BCUT2D eigenvalue weighted by Gasteiger charge is 2.11. The highest BCUT2D eigenvalue weighted by Crippen LogP contribution is 2.23. The lowest BCUT2D eigenvalue weighted by atomic mass is 10.2. The minimum absolute atomic E-state index is 0.394. The summed E-state index contributed by atoms with van der Waals surface area (Å²) in [6.45, 7) is 4.12. The van der Waals surface area contributed by atoms with Crippen LogP contribution in [0.4, 0.5) is 0 Å². The molecule has 1 aromatic carbocycles. The third-order valence-electron chi connectivity index (χ3n) is 3.08. The number of nitrogens with zero attached hydrogens (tertiary/aromatic N) is 1. The van der Waals surface area contributed by atoms with Gasteiger partial charge in [0.25, 0.3) is 0 Å². The Kier molecular flexibility index (Phi) is 4.97. The van der Waals surface area contributed by atoms with Gasteiger partial charge in [0.2, 0.25) is 0 Å². The van der Waals surface area contributed by atoms with E-state index in [2.05, 4.69) is 20.8 Å². The fourth-order valence-corrected chi connectivity index (χ4v) is 2.96. The van der Waals surface area contributed by atoms with Crippen LogP contribution in [0.2, 0.25) is 0 Å². The van der Waals surface area contributed by atoms with Gasteiger partial charge in [-0.2, -0.15) is 0 Å². The molecule has 1 aliphatic heterocycles. The van der Waals surface area contributed by atoms with Gasteiger partial charge in [-0.3, -0.25) is 4.90 Å². The van der Waals surface area contributed by atoms with Gasteiger partial charge in [0.15, 0.2) is 0 Å². The molecular formula is C13H17BrN2OS. The molecule has 0 unspecified atom stereocenters. The highest BCUT2D eigenvalue weighted by atomic mass is 79.9. The van der Waals surface area contributed by atoms with Crippen molar-refractivity contribution in [3.63, 3.8) is 0 Å². The summed E-state index contributed by atoms with van der Waals surface area (Å²) in [4.78, 5) is 2.82. The first-order chi connectivity index (χ1) is 8.66. The lowest BCUT2D eigenvalue weighted by Gasteiger charge is -2.15. The minimum atomic E-state index is 0.394. The van der Waals surface area contributed by atoms with E-state index in [-0.39, 0.29) is 0 Å². The van der Waals surface area contributed by atoms with Crippen molar-refractivity contribution in [3.05, 3.63) is 28.2 Å². The van der Waals surface area contributed by atoms with Crippen molar-refractivity contribution in [3.8, 4) is 5.75 Å². The van der Waals surface area contributed by atoms with Crippen LogP contribution in [0.25, 0.3) is 0 Å². The normalized spacial score (nSPS) is 15.8. The van der Waals surface area contributed by atoms with Gasteiger partial charge in [0.05, 0.1) is 0 Å². The van der Waals surface area contributed by atoms with Gasteiger partial charge < -0.3 is 10.5 Å². The van der Waals surface area contributed by atoms with E-state index in [1.165, 1.54) is 25.9 Å². The molecule has 0 aliphatic carbocycles. The van der Waals surface area contributed by atoms with Crippen LogP contribution in [-0.4, -0.2) is 36.1 Å². The van der Waals surface area contributed by atoms with Crippen LogP contribution in [0.1, 0.15) is 18.4 Å². The molecule has 2 N–H and O–H groups in total. The maximum absolute atomic E-state index is 5.73. The lowest BCUT2D eigenvalue weighted by molar-refractivity contribution is 0.237. The zero-order chi connectivity index (χ0) is 13.0. The molecule has 2 rings (SSSR count). The van der Waals surface area contributed by atoms with Gasteiger partial charge in [-0.05, 0) is 60.1 Å². The van der Waals surface area contributed by atoms with E-state index in [4.69, 9.17) is 22.7 Å². The number of thiocarbonyl (C=S) groups is 1. The Labute approximate surface area is 121 Å². The molecule has 1 aromatic rings. The number of likely N-dealkylation sites (tertiary alicyclic amines) is 1. The third-order valence-corrected chi connectivity index (χ3v) is 3.96. The van der Waals surface area contributed by atoms with Crippen LogP contribution in [0, 0.1) is 0 Å². The maximum Gasteiger partial charge on any atom is 0.120 e. The molecule has 0 aromatic heterocycles. The molecule has 5 heteroatoms. The van der Waals surface area contributed by atoms with Crippen molar-refractivity contribution in [2.75, 3.05) is 26.2 Å². The Balaban J connectivity index is 1.85. The predicted molar refractivity (Wildman–Crippen MR) is 81.2 cm³/mol.